The highest BCUT2D eigenvalue weighted by molar-refractivity contribution is 6.09. The third-order valence-electron chi connectivity index (χ3n) is 4.87. The normalized spacial score (nSPS) is 11.9. The van der Waals surface area contributed by atoms with E-state index in [0.717, 1.165) is 35.6 Å². The highest BCUT2D eigenvalue weighted by Crippen LogP contribution is 2.27. The number of nitrogens with one attached hydrogen (secondary N) is 1. The van der Waals surface area contributed by atoms with Gasteiger partial charge < -0.3 is 14.5 Å². The van der Waals surface area contributed by atoms with Gasteiger partial charge in [-0.3, -0.25) is 4.79 Å². The maximum Gasteiger partial charge on any atom is 0.210 e. The quantitative estimate of drug-likeness (QED) is 0.417. The Balaban J connectivity index is 1.70. The van der Waals surface area contributed by atoms with Crippen molar-refractivity contribution in [3.8, 4) is 5.75 Å². The molecular weight excluding hydrogens is 360 g/mol. The summed E-state index contributed by atoms with van der Waals surface area (Å²) in [6.07, 6.45) is 1.95. The molecule has 0 amide bonds. The molecule has 3 rings (SSSR count). The lowest BCUT2D eigenvalue weighted by Gasteiger charge is -2.18. The van der Waals surface area contributed by atoms with E-state index >= 15 is 0 Å². The smallest absolute Gasteiger partial charge is 0.210 e. The molecule has 1 aromatic carbocycles. The second kappa shape index (κ2) is 8.83. The summed E-state index contributed by atoms with van der Waals surface area (Å²) in [5.74, 6) is 1.10. The van der Waals surface area contributed by atoms with E-state index in [1.165, 1.54) is 0 Å². The Morgan fingerprint density at radius 1 is 1.10 bits per heavy atom. The van der Waals surface area contributed by atoms with E-state index in [4.69, 9.17) is 4.74 Å². The van der Waals surface area contributed by atoms with E-state index in [0.29, 0.717) is 12.2 Å². The zero-order valence-electron chi connectivity index (χ0n) is 18.2. The zero-order chi connectivity index (χ0) is 21.0. The summed E-state index contributed by atoms with van der Waals surface area (Å²) in [7, 11) is 0. The van der Waals surface area contributed by atoms with Crippen molar-refractivity contribution < 1.29 is 9.53 Å². The van der Waals surface area contributed by atoms with Crippen LogP contribution in [0.1, 0.15) is 62.2 Å². The van der Waals surface area contributed by atoms with Gasteiger partial charge in [0.2, 0.25) is 5.78 Å². The highest BCUT2D eigenvalue weighted by Gasteiger charge is 2.20. The lowest BCUT2D eigenvalue weighted by Crippen LogP contribution is -2.30. The number of hydrogen-bond donors (Lipinski definition) is 1. The fraction of sp³-hybridized carbons (Fsp3) is 0.400. The van der Waals surface area contributed by atoms with Crippen LogP contribution in [-0.2, 0) is 0 Å². The molecule has 29 heavy (non-hydrogen) atoms. The van der Waals surface area contributed by atoms with Crippen LogP contribution in [0.2, 0.25) is 0 Å². The average molecular weight is 393 g/mol. The molecule has 0 aliphatic heterocycles. The minimum atomic E-state index is 0.0401. The number of pyridine rings is 1. The maximum atomic E-state index is 13.3. The van der Waals surface area contributed by atoms with Gasteiger partial charge in [-0.2, -0.15) is 0 Å². The first kappa shape index (κ1) is 21.1. The molecule has 0 saturated carbocycles. The Bertz CT molecular complexity index is 963. The van der Waals surface area contributed by atoms with Crippen molar-refractivity contribution in [2.75, 3.05) is 19.7 Å². The standard InChI is InChI=1S/C25H32N2O2/c1-18(2)22-16-20-8-6-7-14-27(20)23(22)24(28)19-9-11-21(12-10-19)29-15-13-26-17-25(3,4)5/h6-12,14,16,18,26H,13,15,17H2,1-5H3. The molecule has 0 aliphatic rings. The van der Waals surface area contributed by atoms with Gasteiger partial charge in [0.15, 0.2) is 0 Å². The third-order valence-corrected chi connectivity index (χ3v) is 4.87. The van der Waals surface area contributed by atoms with Crippen molar-refractivity contribution >= 4 is 11.3 Å². The first-order valence-electron chi connectivity index (χ1n) is 10.3. The molecular formula is C25H32N2O2. The lowest BCUT2D eigenvalue weighted by molar-refractivity contribution is 0.103. The van der Waals surface area contributed by atoms with Gasteiger partial charge in [-0.1, -0.05) is 40.7 Å². The van der Waals surface area contributed by atoms with Crippen LogP contribution in [0, 0.1) is 5.41 Å². The highest BCUT2D eigenvalue weighted by atomic mass is 16.5. The fourth-order valence-electron chi connectivity index (χ4n) is 3.37. The van der Waals surface area contributed by atoms with Gasteiger partial charge in [0, 0.05) is 30.4 Å². The second-order valence-corrected chi connectivity index (χ2v) is 9.04. The van der Waals surface area contributed by atoms with E-state index in [1.807, 2.05) is 53.1 Å². The summed E-state index contributed by atoms with van der Waals surface area (Å²) >= 11 is 0. The number of fused-ring (bicyclic) bond motifs is 1. The topological polar surface area (TPSA) is 42.7 Å². The molecule has 4 heteroatoms. The van der Waals surface area contributed by atoms with Crippen LogP contribution >= 0.6 is 0 Å². The molecule has 0 unspecified atom stereocenters. The molecule has 0 aliphatic carbocycles. The van der Waals surface area contributed by atoms with E-state index in [2.05, 4.69) is 46.0 Å². The van der Waals surface area contributed by atoms with Crippen molar-refractivity contribution in [2.45, 2.75) is 40.5 Å². The number of ketones is 1. The number of ether oxygens (including phenoxy) is 1. The van der Waals surface area contributed by atoms with E-state index < -0.39 is 0 Å². The SMILES string of the molecule is CC(C)c1cc2ccccn2c1C(=O)c1ccc(OCCNCC(C)(C)C)cc1. The van der Waals surface area contributed by atoms with E-state index in [9.17, 15) is 4.79 Å². The molecule has 1 N–H and O–H groups in total. The zero-order valence-corrected chi connectivity index (χ0v) is 18.2. The number of benzene rings is 1. The van der Waals surface area contributed by atoms with Gasteiger partial charge in [-0.25, -0.2) is 0 Å². The van der Waals surface area contributed by atoms with Crippen molar-refractivity contribution in [1.82, 2.24) is 9.72 Å². The van der Waals surface area contributed by atoms with Crippen LogP contribution in [0.15, 0.2) is 54.7 Å². The summed E-state index contributed by atoms with van der Waals surface area (Å²) in [5, 5.41) is 3.40. The first-order valence-corrected chi connectivity index (χ1v) is 10.3. The molecule has 154 valence electrons. The number of aromatic nitrogens is 1. The number of carbonyl (C=O) groups is 1. The number of carbonyl (C=O) groups excluding carboxylic acids is 1. The van der Waals surface area contributed by atoms with E-state index in [-0.39, 0.29) is 17.1 Å². The first-order chi connectivity index (χ1) is 13.8. The third kappa shape index (κ3) is 5.27. The molecule has 0 spiro atoms. The van der Waals surface area contributed by atoms with Crippen LogP contribution < -0.4 is 10.1 Å². The van der Waals surface area contributed by atoms with Gasteiger partial charge in [-0.05, 0) is 59.4 Å². The van der Waals surface area contributed by atoms with Crippen LogP contribution in [0.25, 0.3) is 5.52 Å². The molecule has 0 radical (unpaired) electrons. The molecule has 0 fully saturated rings. The van der Waals surface area contributed by atoms with Crippen LogP contribution in [0.4, 0.5) is 0 Å². The molecule has 2 aromatic heterocycles. The molecule has 0 saturated heterocycles. The summed E-state index contributed by atoms with van der Waals surface area (Å²) in [6, 6.07) is 15.6. The van der Waals surface area contributed by atoms with Gasteiger partial charge in [0.25, 0.3) is 0 Å². The molecule has 0 bridgehead atoms. The number of nitrogens with zero attached hydrogens (tertiary/aromatic N) is 1. The van der Waals surface area contributed by atoms with Gasteiger partial charge in [0.1, 0.15) is 12.4 Å². The predicted molar refractivity (Wildman–Crippen MR) is 119 cm³/mol. The molecule has 4 nitrogen and oxygen atoms in total. The summed E-state index contributed by atoms with van der Waals surface area (Å²) in [4.78, 5) is 13.3. The number of rotatable bonds is 8. The minimum absolute atomic E-state index is 0.0401. The molecule has 3 aromatic rings. The lowest BCUT2D eigenvalue weighted by atomic mass is 9.97. The van der Waals surface area contributed by atoms with Crippen molar-refractivity contribution in [3.05, 3.63) is 71.5 Å². The largest absolute Gasteiger partial charge is 0.492 e. The Morgan fingerprint density at radius 3 is 2.48 bits per heavy atom. The Kier molecular flexibility index (Phi) is 6.43. The summed E-state index contributed by atoms with van der Waals surface area (Å²) in [5.41, 5.74) is 3.80. The van der Waals surface area contributed by atoms with E-state index in [1.54, 1.807) is 0 Å². The van der Waals surface area contributed by atoms with Crippen LogP contribution in [0.5, 0.6) is 5.75 Å². The van der Waals surface area contributed by atoms with Crippen LogP contribution in [0.3, 0.4) is 0 Å². The Labute approximate surface area is 173 Å². The second-order valence-electron chi connectivity index (χ2n) is 9.04. The van der Waals surface area contributed by atoms with Crippen molar-refractivity contribution in [2.24, 2.45) is 5.41 Å². The van der Waals surface area contributed by atoms with Crippen molar-refractivity contribution in [3.63, 3.8) is 0 Å². The van der Waals surface area contributed by atoms with Gasteiger partial charge in [0.05, 0.1) is 5.69 Å². The summed E-state index contributed by atoms with van der Waals surface area (Å²) in [6.45, 7) is 13.2. The summed E-state index contributed by atoms with van der Waals surface area (Å²) < 4.78 is 7.79. The average Bonchev–Trinajstić information content (AvgIpc) is 3.07. The fourth-order valence-corrected chi connectivity index (χ4v) is 3.37. The van der Waals surface area contributed by atoms with Gasteiger partial charge in [-0.15, -0.1) is 0 Å². The maximum absolute atomic E-state index is 13.3. The number of hydrogen-bond acceptors (Lipinski definition) is 3. The molecule has 2 heterocycles. The van der Waals surface area contributed by atoms with Gasteiger partial charge >= 0.3 is 0 Å². The predicted octanol–water partition coefficient (Wildman–Crippen LogP) is 5.31. The Hall–Kier alpha value is -2.59. The van der Waals surface area contributed by atoms with Crippen molar-refractivity contribution in [1.29, 1.82) is 0 Å². The monoisotopic (exact) mass is 392 g/mol. The Morgan fingerprint density at radius 2 is 1.83 bits per heavy atom. The minimum Gasteiger partial charge on any atom is -0.492 e. The molecule has 0 atom stereocenters. The van der Waals surface area contributed by atoms with Crippen LogP contribution in [-0.4, -0.2) is 29.9 Å².